The first-order valence-electron chi connectivity index (χ1n) is 8.94. The molecule has 1 N–H and O–H groups in total. The molecule has 1 aromatic heterocycles. The van der Waals surface area contributed by atoms with Crippen LogP contribution in [0.5, 0.6) is 0 Å². The van der Waals surface area contributed by atoms with Crippen LogP contribution in [0.25, 0.3) is 0 Å². The molecule has 0 bridgehead atoms. The minimum atomic E-state index is -0.221. The van der Waals surface area contributed by atoms with Crippen LogP contribution in [0.2, 0.25) is 5.02 Å². The largest absolute Gasteiger partial charge is 0.367 e. The minimum Gasteiger partial charge on any atom is -0.367 e. The lowest BCUT2D eigenvalue weighted by atomic mass is 10.0. The molecule has 2 aromatic rings. The monoisotopic (exact) mass is 360 g/mol. The lowest BCUT2D eigenvalue weighted by molar-refractivity contribution is 0.209. The second-order valence-corrected chi connectivity index (χ2v) is 7.38. The molecule has 0 unspecified atom stereocenters. The number of anilines is 1. The molecule has 6 heteroatoms. The van der Waals surface area contributed by atoms with Crippen LogP contribution >= 0.6 is 11.6 Å². The molecule has 1 saturated heterocycles. The van der Waals surface area contributed by atoms with Gasteiger partial charge in [0.1, 0.15) is 17.5 Å². The number of hydrogen-bond donors (Lipinski definition) is 1. The van der Waals surface area contributed by atoms with Crippen molar-refractivity contribution in [1.29, 1.82) is 0 Å². The maximum absolute atomic E-state index is 13.9. The van der Waals surface area contributed by atoms with E-state index in [-0.39, 0.29) is 5.82 Å². The van der Waals surface area contributed by atoms with Crippen LogP contribution in [0.15, 0.2) is 30.5 Å². The van der Waals surface area contributed by atoms with Gasteiger partial charge < -0.3 is 5.32 Å². The zero-order valence-corrected chi connectivity index (χ0v) is 14.8. The van der Waals surface area contributed by atoms with Gasteiger partial charge in [0.25, 0.3) is 0 Å². The molecule has 0 radical (unpaired) electrons. The molecule has 1 aromatic carbocycles. The average molecular weight is 361 g/mol. The predicted molar refractivity (Wildman–Crippen MR) is 97.3 cm³/mol. The molecule has 0 amide bonds. The summed E-state index contributed by atoms with van der Waals surface area (Å²) in [7, 11) is 0. The van der Waals surface area contributed by atoms with E-state index >= 15 is 0 Å². The van der Waals surface area contributed by atoms with Crippen LogP contribution in [-0.2, 0) is 6.54 Å². The van der Waals surface area contributed by atoms with E-state index in [2.05, 4.69) is 20.2 Å². The lowest BCUT2D eigenvalue weighted by Gasteiger charge is -2.32. The summed E-state index contributed by atoms with van der Waals surface area (Å²) in [6.07, 6.45) is 6.28. The zero-order valence-electron chi connectivity index (χ0n) is 14.1. The maximum Gasteiger partial charge on any atom is 0.133 e. The van der Waals surface area contributed by atoms with Crippen molar-refractivity contribution in [2.75, 3.05) is 18.4 Å². The van der Waals surface area contributed by atoms with Crippen molar-refractivity contribution >= 4 is 17.4 Å². The summed E-state index contributed by atoms with van der Waals surface area (Å²) in [4.78, 5) is 11.3. The highest BCUT2D eigenvalue weighted by molar-refractivity contribution is 6.31. The molecule has 0 atom stereocenters. The molecule has 1 aliphatic carbocycles. The van der Waals surface area contributed by atoms with Gasteiger partial charge in [-0.05, 0) is 43.9 Å². The van der Waals surface area contributed by atoms with E-state index in [1.165, 1.54) is 18.9 Å². The Labute approximate surface area is 152 Å². The molecule has 0 spiro atoms. The minimum absolute atomic E-state index is 0.221. The summed E-state index contributed by atoms with van der Waals surface area (Å²) in [6.45, 7) is 2.41. The molecule has 2 fully saturated rings. The van der Waals surface area contributed by atoms with Crippen LogP contribution in [-0.4, -0.2) is 34.0 Å². The molecule has 132 valence electrons. The van der Waals surface area contributed by atoms with Crippen LogP contribution < -0.4 is 5.32 Å². The first-order valence-corrected chi connectivity index (χ1v) is 9.31. The number of aromatic nitrogens is 2. The Morgan fingerprint density at radius 3 is 2.68 bits per heavy atom. The zero-order chi connectivity index (χ0) is 17.2. The van der Waals surface area contributed by atoms with Crippen molar-refractivity contribution in [3.8, 4) is 0 Å². The Morgan fingerprint density at radius 2 is 1.96 bits per heavy atom. The van der Waals surface area contributed by atoms with Gasteiger partial charge in [-0.15, -0.1) is 0 Å². The van der Waals surface area contributed by atoms with Gasteiger partial charge >= 0.3 is 0 Å². The molecule has 2 aliphatic rings. The Hall–Kier alpha value is -1.72. The van der Waals surface area contributed by atoms with E-state index in [1.54, 1.807) is 12.1 Å². The van der Waals surface area contributed by atoms with E-state index in [9.17, 15) is 4.39 Å². The van der Waals surface area contributed by atoms with Gasteiger partial charge in [-0.25, -0.2) is 14.4 Å². The lowest BCUT2D eigenvalue weighted by Crippen LogP contribution is -2.39. The number of likely N-dealkylation sites (tertiary alicyclic amines) is 1. The SMILES string of the molecule is Fc1cccc(Cl)c1CN1CCC(Nc2ccnc(C3CC3)n2)CC1. The fourth-order valence-electron chi connectivity index (χ4n) is 3.34. The van der Waals surface area contributed by atoms with Crippen molar-refractivity contribution in [2.24, 2.45) is 0 Å². The standard InChI is InChI=1S/C19H22ClFN4/c20-16-2-1-3-17(21)15(16)12-25-10-7-14(8-11-25)23-18-6-9-22-19(24-18)13-4-5-13/h1-3,6,9,13-14H,4-5,7-8,10-12H2,(H,22,23,24). The third-order valence-corrected chi connectivity index (χ3v) is 5.35. The van der Waals surface area contributed by atoms with Crippen LogP contribution in [0.3, 0.4) is 0 Å². The average Bonchev–Trinajstić information content (AvgIpc) is 3.45. The van der Waals surface area contributed by atoms with Crippen molar-refractivity contribution in [2.45, 2.75) is 44.2 Å². The quantitative estimate of drug-likeness (QED) is 0.866. The number of hydrogen-bond acceptors (Lipinski definition) is 4. The Balaban J connectivity index is 1.32. The highest BCUT2D eigenvalue weighted by atomic mass is 35.5. The molecule has 25 heavy (non-hydrogen) atoms. The number of rotatable bonds is 5. The van der Waals surface area contributed by atoms with Crippen molar-refractivity contribution in [3.63, 3.8) is 0 Å². The third kappa shape index (κ3) is 4.10. The van der Waals surface area contributed by atoms with Gasteiger partial charge in [0.05, 0.1) is 0 Å². The van der Waals surface area contributed by atoms with Gasteiger partial charge in [-0.3, -0.25) is 4.90 Å². The number of halogens is 2. The Bertz CT molecular complexity index is 722. The van der Waals surface area contributed by atoms with Gasteiger partial charge in [0, 0.05) is 48.4 Å². The Morgan fingerprint density at radius 1 is 1.16 bits per heavy atom. The molecule has 4 rings (SSSR count). The molecule has 2 heterocycles. The first-order chi connectivity index (χ1) is 12.2. The summed E-state index contributed by atoms with van der Waals surface area (Å²) in [5, 5.41) is 4.04. The van der Waals surface area contributed by atoms with E-state index in [0.29, 0.717) is 29.1 Å². The van der Waals surface area contributed by atoms with Crippen LogP contribution in [0.1, 0.15) is 43.0 Å². The number of nitrogens with zero attached hydrogens (tertiary/aromatic N) is 3. The predicted octanol–water partition coefficient (Wildman–Crippen LogP) is 4.22. The fourth-order valence-corrected chi connectivity index (χ4v) is 3.57. The van der Waals surface area contributed by atoms with Crippen LogP contribution in [0, 0.1) is 5.82 Å². The molecule has 1 aliphatic heterocycles. The summed E-state index contributed by atoms with van der Waals surface area (Å²) in [5.41, 5.74) is 0.598. The van der Waals surface area contributed by atoms with Crippen molar-refractivity contribution < 1.29 is 4.39 Å². The molecule has 4 nitrogen and oxygen atoms in total. The van der Waals surface area contributed by atoms with Gasteiger partial charge in [0.2, 0.25) is 0 Å². The van der Waals surface area contributed by atoms with Crippen molar-refractivity contribution in [1.82, 2.24) is 14.9 Å². The van der Waals surface area contributed by atoms with Gasteiger partial charge in [-0.2, -0.15) is 0 Å². The molecule has 1 saturated carbocycles. The number of nitrogens with one attached hydrogen (secondary N) is 1. The summed E-state index contributed by atoms with van der Waals surface area (Å²) in [5.74, 6) is 2.24. The third-order valence-electron chi connectivity index (χ3n) is 5.00. The Kier molecular flexibility index (Phi) is 4.86. The van der Waals surface area contributed by atoms with E-state index < -0.39 is 0 Å². The summed E-state index contributed by atoms with van der Waals surface area (Å²) < 4.78 is 13.9. The highest BCUT2D eigenvalue weighted by Gasteiger charge is 2.27. The first kappa shape index (κ1) is 16.7. The second-order valence-electron chi connectivity index (χ2n) is 6.97. The summed E-state index contributed by atoms with van der Waals surface area (Å²) >= 11 is 6.14. The van der Waals surface area contributed by atoms with E-state index in [0.717, 1.165) is 37.6 Å². The fraction of sp³-hybridized carbons (Fsp3) is 0.474. The van der Waals surface area contributed by atoms with Crippen molar-refractivity contribution in [3.05, 3.63) is 52.7 Å². The normalized spacial score (nSPS) is 19.1. The molecular formula is C19H22ClFN4. The highest BCUT2D eigenvalue weighted by Crippen LogP contribution is 2.38. The number of benzene rings is 1. The van der Waals surface area contributed by atoms with Crippen LogP contribution in [0.4, 0.5) is 10.2 Å². The van der Waals surface area contributed by atoms with E-state index in [4.69, 9.17) is 11.6 Å². The summed E-state index contributed by atoms with van der Waals surface area (Å²) in [6, 6.07) is 7.21. The molecular weight excluding hydrogens is 339 g/mol. The van der Waals surface area contributed by atoms with Gasteiger partial charge in [-0.1, -0.05) is 17.7 Å². The maximum atomic E-state index is 13.9. The van der Waals surface area contributed by atoms with Gasteiger partial charge in [0.15, 0.2) is 0 Å². The van der Waals surface area contributed by atoms with E-state index in [1.807, 2.05) is 12.3 Å². The second kappa shape index (κ2) is 7.26. The smallest absolute Gasteiger partial charge is 0.133 e. The number of piperidine rings is 1. The topological polar surface area (TPSA) is 41.0 Å².